The van der Waals surface area contributed by atoms with Crippen LogP contribution in [0.4, 0.5) is 0 Å². The summed E-state index contributed by atoms with van der Waals surface area (Å²) in [5.41, 5.74) is 3.00. The van der Waals surface area contributed by atoms with E-state index in [1.807, 2.05) is 0 Å². The molecule has 0 bridgehead atoms. The average Bonchev–Trinajstić information content (AvgIpc) is 2.70. The molecule has 2 unspecified atom stereocenters. The molecule has 0 heterocycles. The van der Waals surface area contributed by atoms with Crippen LogP contribution in [-0.4, -0.2) is 12.6 Å². The Balaban J connectivity index is 1.90. The molecule has 0 amide bonds. The van der Waals surface area contributed by atoms with Crippen LogP contribution in [0.25, 0.3) is 0 Å². The Morgan fingerprint density at radius 3 is 2.81 bits per heavy atom. The van der Waals surface area contributed by atoms with Crippen molar-refractivity contribution in [2.24, 2.45) is 5.92 Å². The van der Waals surface area contributed by atoms with Crippen molar-refractivity contribution >= 4 is 0 Å². The second-order valence-electron chi connectivity index (χ2n) is 5.06. The van der Waals surface area contributed by atoms with Crippen molar-refractivity contribution < 1.29 is 0 Å². The molecule has 0 radical (unpaired) electrons. The number of aryl methyl sites for hydroxylation is 1. The molecule has 1 heteroatoms. The van der Waals surface area contributed by atoms with Crippen LogP contribution >= 0.6 is 0 Å². The third kappa shape index (κ3) is 2.85. The minimum Gasteiger partial charge on any atom is -0.314 e. The maximum Gasteiger partial charge on any atom is 0.00698 e. The van der Waals surface area contributed by atoms with E-state index < -0.39 is 0 Å². The van der Waals surface area contributed by atoms with E-state index in [9.17, 15) is 0 Å². The number of rotatable bonds is 4. The highest BCUT2D eigenvalue weighted by Crippen LogP contribution is 2.29. The summed E-state index contributed by atoms with van der Waals surface area (Å²) in [7, 11) is 0. The lowest BCUT2D eigenvalue weighted by Crippen LogP contribution is -2.25. The fourth-order valence-electron chi connectivity index (χ4n) is 2.88. The fraction of sp³-hybridized carbons (Fsp3) is 0.600. The molecule has 88 valence electrons. The van der Waals surface area contributed by atoms with E-state index in [0.29, 0.717) is 0 Å². The quantitative estimate of drug-likeness (QED) is 0.816. The van der Waals surface area contributed by atoms with Crippen LogP contribution in [0.3, 0.4) is 0 Å². The summed E-state index contributed by atoms with van der Waals surface area (Å²) in [6, 6.07) is 9.59. The second kappa shape index (κ2) is 5.49. The number of hydrogen-bond donors (Lipinski definition) is 1. The molecule has 1 saturated carbocycles. The third-order valence-electron chi connectivity index (χ3n) is 3.80. The Bertz CT molecular complexity index is 332. The summed E-state index contributed by atoms with van der Waals surface area (Å²) in [5, 5.41) is 3.57. The van der Waals surface area contributed by atoms with E-state index in [1.54, 1.807) is 5.56 Å². The van der Waals surface area contributed by atoms with Gasteiger partial charge in [-0.1, -0.05) is 31.2 Å². The molecule has 1 N–H and O–H groups in total. The zero-order chi connectivity index (χ0) is 11.4. The first-order chi connectivity index (χ1) is 7.79. The smallest absolute Gasteiger partial charge is 0.00698 e. The van der Waals surface area contributed by atoms with E-state index in [0.717, 1.165) is 18.5 Å². The molecular formula is C15H23N. The van der Waals surface area contributed by atoms with Crippen LogP contribution in [0, 0.1) is 12.8 Å². The van der Waals surface area contributed by atoms with Crippen LogP contribution < -0.4 is 5.32 Å². The fourth-order valence-corrected chi connectivity index (χ4v) is 2.88. The Labute approximate surface area is 99.3 Å². The van der Waals surface area contributed by atoms with Gasteiger partial charge < -0.3 is 5.32 Å². The zero-order valence-electron chi connectivity index (χ0n) is 10.5. The minimum absolute atomic E-state index is 0.777. The summed E-state index contributed by atoms with van der Waals surface area (Å²) in [6.45, 7) is 5.54. The van der Waals surface area contributed by atoms with Gasteiger partial charge in [0.1, 0.15) is 0 Å². The molecular weight excluding hydrogens is 194 g/mol. The molecule has 0 aliphatic heterocycles. The number of nitrogens with one attached hydrogen (secondary N) is 1. The van der Waals surface area contributed by atoms with Crippen molar-refractivity contribution in [3.8, 4) is 0 Å². The third-order valence-corrected chi connectivity index (χ3v) is 3.80. The van der Waals surface area contributed by atoms with Gasteiger partial charge in [0, 0.05) is 6.04 Å². The normalized spacial score (nSPS) is 24.9. The highest BCUT2D eigenvalue weighted by molar-refractivity contribution is 5.26. The minimum atomic E-state index is 0.777. The molecule has 0 spiro atoms. The lowest BCUT2D eigenvalue weighted by Gasteiger charge is -2.13. The van der Waals surface area contributed by atoms with Crippen LogP contribution in [-0.2, 0) is 6.42 Å². The summed E-state index contributed by atoms with van der Waals surface area (Å²) < 4.78 is 0. The van der Waals surface area contributed by atoms with Gasteiger partial charge in [-0.3, -0.25) is 0 Å². The van der Waals surface area contributed by atoms with Gasteiger partial charge in [0.15, 0.2) is 0 Å². The molecule has 1 fully saturated rings. The molecule has 1 aromatic carbocycles. The number of hydrogen-bond acceptors (Lipinski definition) is 1. The maximum absolute atomic E-state index is 3.57. The van der Waals surface area contributed by atoms with Crippen molar-refractivity contribution in [3.63, 3.8) is 0 Å². The van der Waals surface area contributed by atoms with Gasteiger partial charge in [-0.05, 0) is 56.2 Å². The molecule has 2 rings (SSSR count). The molecule has 1 aliphatic carbocycles. The Morgan fingerprint density at radius 1 is 1.25 bits per heavy atom. The molecule has 0 saturated heterocycles. The van der Waals surface area contributed by atoms with Crippen molar-refractivity contribution in [2.45, 2.75) is 45.6 Å². The van der Waals surface area contributed by atoms with Gasteiger partial charge in [-0.15, -0.1) is 0 Å². The van der Waals surface area contributed by atoms with Crippen LogP contribution in [0.5, 0.6) is 0 Å². The first-order valence-electron chi connectivity index (χ1n) is 6.57. The van der Waals surface area contributed by atoms with E-state index in [-0.39, 0.29) is 0 Å². The van der Waals surface area contributed by atoms with Crippen molar-refractivity contribution in [1.82, 2.24) is 5.32 Å². The Morgan fingerprint density at radius 2 is 2.06 bits per heavy atom. The molecule has 0 aromatic heterocycles. The topological polar surface area (TPSA) is 12.0 Å². The monoisotopic (exact) mass is 217 g/mol. The van der Waals surface area contributed by atoms with Crippen molar-refractivity contribution in [1.29, 1.82) is 0 Å². The van der Waals surface area contributed by atoms with Gasteiger partial charge >= 0.3 is 0 Å². The predicted molar refractivity (Wildman–Crippen MR) is 69.7 cm³/mol. The molecule has 16 heavy (non-hydrogen) atoms. The standard InChI is InChI=1S/C15H23N/c1-3-16-15-9-8-13(11-15)10-14-7-5-4-6-12(14)2/h4-7,13,15-16H,3,8-11H2,1-2H3. The summed E-state index contributed by atoms with van der Waals surface area (Å²) in [5.74, 6) is 0.894. The van der Waals surface area contributed by atoms with Gasteiger partial charge in [-0.2, -0.15) is 0 Å². The summed E-state index contributed by atoms with van der Waals surface area (Å²) in [6.07, 6.45) is 5.40. The van der Waals surface area contributed by atoms with Crippen molar-refractivity contribution in [2.75, 3.05) is 6.54 Å². The SMILES string of the molecule is CCNC1CCC(Cc2ccccc2C)C1. The van der Waals surface area contributed by atoms with Gasteiger partial charge in [0.25, 0.3) is 0 Å². The highest BCUT2D eigenvalue weighted by Gasteiger charge is 2.24. The highest BCUT2D eigenvalue weighted by atomic mass is 14.9. The van der Waals surface area contributed by atoms with Crippen LogP contribution in [0.15, 0.2) is 24.3 Å². The molecule has 2 atom stereocenters. The molecule has 1 nitrogen and oxygen atoms in total. The molecule has 1 aromatic rings. The largest absolute Gasteiger partial charge is 0.314 e. The van der Waals surface area contributed by atoms with Gasteiger partial charge in [0.2, 0.25) is 0 Å². The lowest BCUT2D eigenvalue weighted by molar-refractivity contribution is 0.493. The van der Waals surface area contributed by atoms with E-state index >= 15 is 0 Å². The predicted octanol–water partition coefficient (Wildman–Crippen LogP) is 3.32. The first-order valence-corrected chi connectivity index (χ1v) is 6.57. The maximum atomic E-state index is 3.57. The van der Waals surface area contributed by atoms with Crippen LogP contribution in [0.1, 0.15) is 37.3 Å². The number of benzene rings is 1. The lowest BCUT2D eigenvalue weighted by atomic mass is 9.95. The zero-order valence-corrected chi connectivity index (χ0v) is 10.5. The summed E-state index contributed by atoms with van der Waals surface area (Å²) in [4.78, 5) is 0. The first kappa shape index (κ1) is 11.7. The Kier molecular flexibility index (Phi) is 4.00. The molecule has 1 aliphatic rings. The van der Waals surface area contributed by atoms with Gasteiger partial charge in [-0.25, -0.2) is 0 Å². The van der Waals surface area contributed by atoms with E-state index in [1.165, 1.54) is 31.2 Å². The van der Waals surface area contributed by atoms with E-state index in [4.69, 9.17) is 0 Å². The second-order valence-corrected chi connectivity index (χ2v) is 5.06. The average molecular weight is 217 g/mol. The van der Waals surface area contributed by atoms with Crippen molar-refractivity contribution in [3.05, 3.63) is 35.4 Å². The van der Waals surface area contributed by atoms with Gasteiger partial charge in [0.05, 0.1) is 0 Å². The van der Waals surface area contributed by atoms with E-state index in [2.05, 4.69) is 43.4 Å². The van der Waals surface area contributed by atoms with Crippen LogP contribution in [0.2, 0.25) is 0 Å². The Hall–Kier alpha value is -0.820. The summed E-state index contributed by atoms with van der Waals surface area (Å²) >= 11 is 0.